The molecule has 0 nitrogen and oxygen atoms in total. The van der Waals surface area contributed by atoms with Gasteiger partial charge in [0.2, 0.25) is 0 Å². The average molecular weight is 130 g/mol. The number of hydrogen-bond donors (Lipinski definition) is 0. The van der Waals surface area contributed by atoms with E-state index in [4.69, 9.17) is 0 Å². The molecule has 1 fully saturated rings. The Balaban J connectivity index is 2.38. The van der Waals surface area contributed by atoms with Crippen LogP contribution < -0.4 is 0 Å². The molecule has 1 aliphatic rings. The first-order chi connectivity index (χ1) is 4.24. The number of hydrogen-bond acceptors (Lipinski definition) is 0. The van der Waals surface area contributed by atoms with Gasteiger partial charge in [0, 0.05) is 0 Å². The van der Waals surface area contributed by atoms with Crippen molar-refractivity contribution in [2.45, 2.75) is 39.3 Å². The molecule has 1 aliphatic carbocycles. The van der Waals surface area contributed by atoms with Gasteiger partial charge in [-0.2, -0.15) is 0 Å². The molecular weight excluding hydrogens is 115 g/mol. The van der Waals surface area contributed by atoms with Gasteiger partial charge in [-0.1, -0.05) is 20.3 Å². The maximum absolute atomic E-state index is 12.6. The summed E-state index contributed by atoms with van der Waals surface area (Å²) in [6.45, 7) is 4.31. The summed E-state index contributed by atoms with van der Waals surface area (Å²) in [7, 11) is 0. The molecule has 0 N–H and O–H groups in total. The Bertz CT molecular complexity index is 90.6. The van der Waals surface area contributed by atoms with E-state index in [0.29, 0.717) is 11.8 Å². The summed E-state index contributed by atoms with van der Waals surface area (Å²) in [4.78, 5) is 0. The lowest BCUT2D eigenvalue weighted by molar-refractivity contribution is 0.329. The van der Waals surface area contributed by atoms with Crippen LogP contribution in [0.5, 0.6) is 0 Å². The van der Waals surface area contributed by atoms with Gasteiger partial charge in [0.15, 0.2) is 0 Å². The topological polar surface area (TPSA) is 0 Å². The number of halogens is 1. The SMILES string of the molecule is CCC1CC(F)C[C@H]1C. The largest absolute Gasteiger partial charge is 0.247 e. The second kappa shape index (κ2) is 2.68. The zero-order chi connectivity index (χ0) is 6.85. The van der Waals surface area contributed by atoms with Crippen LogP contribution in [-0.2, 0) is 0 Å². The molecule has 0 heterocycles. The molecule has 0 radical (unpaired) electrons. The lowest BCUT2D eigenvalue weighted by Crippen LogP contribution is -2.00. The lowest BCUT2D eigenvalue weighted by atomic mass is 9.96. The van der Waals surface area contributed by atoms with Crippen LogP contribution in [0.25, 0.3) is 0 Å². The Labute approximate surface area is 56.5 Å². The molecule has 0 saturated heterocycles. The Morgan fingerprint density at radius 2 is 2.11 bits per heavy atom. The quantitative estimate of drug-likeness (QED) is 0.512. The van der Waals surface area contributed by atoms with Crippen LogP contribution in [0.3, 0.4) is 0 Å². The monoisotopic (exact) mass is 130 g/mol. The van der Waals surface area contributed by atoms with Gasteiger partial charge in [-0.25, -0.2) is 4.39 Å². The molecule has 54 valence electrons. The van der Waals surface area contributed by atoms with Gasteiger partial charge in [-0.05, 0) is 24.7 Å². The summed E-state index contributed by atoms with van der Waals surface area (Å²) in [6, 6.07) is 0. The Morgan fingerprint density at radius 3 is 2.33 bits per heavy atom. The molecule has 0 spiro atoms. The Kier molecular flexibility index (Phi) is 2.09. The third kappa shape index (κ3) is 1.44. The summed E-state index contributed by atoms with van der Waals surface area (Å²) in [6.07, 6.45) is 2.28. The Morgan fingerprint density at radius 1 is 1.44 bits per heavy atom. The van der Waals surface area contributed by atoms with Crippen molar-refractivity contribution in [2.24, 2.45) is 11.8 Å². The molecular formula is C8H15F. The predicted molar refractivity (Wildman–Crippen MR) is 37.1 cm³/mol. The van der Waals surface area contributed by atoms with Crippen LogP contribution in [-0.4, -0.2) is 6.17 Å². The van der Waals surface area contributed by atoms with Crippen molar-refractivity contribution in [2.75, 3.05) is 0 Å². The van der Waals surface area contributed by atoms with E-state index >= 15 is 0 Å². The van der Waals surface area contributed by atoms with Gasteiger partial charge in [0.25, 0.3) is 0 Å². The molecule has 1 heteroatoms. The normalized spacial score (nSPS) is 43.7. The summed E-state index contributed by atoms with van der Waals surface area (Å²) in [5, 5.41) is 0. The molecule has 9 heavy (non-hydrogen) atoms. The van der Waals surface area contributed by atoms with Crippen LogP contribution in [0.2, 0.25) is 0 Å². The van der Waals surface area contributed by atoms with Crippen LogP contribution in [0, 0.1) is 11.8 Å². The first kappa shape index (κ1) is 7.04. The third-order valence-electron chi connectivity index (χ3n) is 2.52. The van der Waals surface area contributed by atoms with Gasteiger partial charge in [0.1, 0.15) is 6.17 Å². The van der Waals surface area contributed by atoms with Crippen LogP contribution in [0.4, 0.5) is 4.39 Å². The highest BCUT2D eigenvalue weighted by Gasteiger charge is 2.29. The van der Waals surface area contributed by atoms with Crippen molar-refractivity contribution in [3.8, 4) is 0 Å². The first-order valence-electron chi connectivity index (χ1n) is 3.88. The van der Waals surface area contributed by atoms with Gasteiger partial charge < -0.3 is 0 Å². The van der Waals surface area contributed by atoms with Crippen molar-refractivity contribution < 1.29 is 4.39 Å². The van der Waals surface area contributed by atoms with Gasteiger partial charge in [-0.15, -0.1) is 0 Å². The minimum absolute atomic E-state index is 0.495. The van der Waals surface area contributed by atoms with E-state index in [2.05, 4.69) is 13.8 Å². The molecule has 0 bridgehead atoms. The van der Waals surface area contributed by atoms with Crippen molar-refractivity contribution in [1.29, 1.82) is 0 Å². The molecule has 0 aromatic heterocycles. The smallest absolute Gasteiger partial charge is 0.101 e. The van der Waals surface area contributed by atoms with Crippen LogP contribution >= 0.6 is 0 Å². The van der Waals surface area contributed by atoms with Crippen LogP contribution in [0.15, 0.2) is 0 Å². The molecule has 2 unspecified atom stereocenters. The van der Waals surface area contributed by atoms with Gasteiger partial charge >= 0.3 is 0 Å². The lowest BCUT2D eigenvalue weighted by Gasteiger charge is -2.09. The number of alkyl halides is 1. The van der Waals surface area contributed by atoms with Gasteiger partial charge in [0.05, 0.1) is 0 Å². The highest BCUT2D eigenvalue weighted by Crippen LogP contribution is 2.35. The number of rotatable bonds is 1. The summed E-state index contributed by atoms with van der Waals surface area (Å²) in [5.41, 5.74) is 0. The second-order valence-electron chi connectivity index (χ2n) is 3.21. The van der Waals surface area contributed by atoms with E-state index < -0.39 is 6.17 Å². The molecule has 1 rings (SSSR count). The molecule has 0 aliphatic heterocycles. The molecule has 0 amide bonds. The maximum atomic E-state index is 12.6. The second-order valence-corrected chi connectivity index (χ2v) is 3.21. The zero-order valence-electron chi connectivity index (χ0n) is 6.23. The van der Waals surface area contributed by atoms with Crippen molar-refractivity contribution in [1.82, 2.24) is 0 Å². The van der Waals surface area contributed by atoms with E-state index in [-0.39, 0.29) is 0 Å². The maximum Gasteiger partial charge on any atom is 0.101 e. The summed E-state index contributed by atoms with van der Waals surface area (Å²) < 4.78 is 12.6. The van der Waals surface area contributed by atoms with E-state index in [0.717, 1.165) is 19.3 Å². The highest BCUT2D eigenvalue weighted by atomic mass is 19.1. The minimum atomic E-state index is -0.495. The van der Waals surface area contributed by atoms with Crippen molar-refractivity contribution in [3.63, 3.8) is 0 Å². The highest BCUT2D eigenvalue weighted by molar-refractivity contribution is 4.79. The standard InChI is InChI=1S/C8H15F/c1-3-7-5-8(9)4-6(7)2/h6-8H,3-5H2,1-2H3/t6-,7?,8?/m1/s1. The Hall–Kier alpha value is -0.0700. The van der Waals surface area contributed by atoms with Crippen molar-refractivity contribution in [3.05, 3.63) is 0 Å². The molecule has 3 atom stereocenters. The molecule has 1 saturated carbocycles. The summed E-state index contributed by atoms with van der Waals surface area (Å²) in [5.74, 6) is 1.30. The third-order valence-corrected chi connectivity index (χ3v) is 2.52. The first-order valence-corrected chi connectivity index (χ1v) is 3.88. The predicted octanol–water partition coefficient (Wildman–Crippen LogP) is 2.78. The van der Waals surface area contributed by atoms with E-state index in [1.807, 2.05) is 0 Å². The molecule has 0 aromatic carbocycles. The van der Waals surface area contributed by atoms with Crippen molar-refractivity contribution >= 4 is 0 Å². The van der Waals surface area contributed by atoms with Crippen LogP contribution in [0.1, 0.15) is 33.1 Å². The van der Waals surface area contributed by atoms with E-state index in [9.17, 15) is 4.39 Å². The fourth-order valence-corrected chi connectivity index (χ4v) is 1.82. The fraction of sp³-hybridized carbons (Fsp3) is 1.00. The summed E-state index contributed by atoms with van der Waals surface area (Å²) >= 11 is 0. The minimum Gasteiger partial charge on any atom is -0.247 e. The van der Waals surface area contributed by atoms with E-state index in [1.54, 1.807) is 0 Å². The molecule has 0 aromatic rings. The van der Waals surface area contributed by atoms with E-state index in [1.165, 1.54) is 0 Å². The van der Waals surface area contributed by atoms with Gasteiger partial charge in [-0.3, -0.25) is 0 Å². The fourth-order valence-electron chi connectivity index (χ4n) is 1.82. The average Bonchev–Trinajstić information content (AvgIpc) is 2.10. The zero-order valence-corrected chi connectivity index (χ0v) is 6.23.